The van der Waals surface area contributed by atoms with E-state index < -0.39 is 21.2 Å². The number of nitro groups is 2. The molecule has 0 N–H and O–H groups in total. The Hall–Kier alpha value is -3.49. The summed E-state index contributed by atoms with van der Waals surface area (Å²) in [5, 5.41) is 22.2. The van der Waals surface area contributed by atoms with Gasteiger partial charge in [0, 0.05) is 31.9 Å². The fourth-order valence-electron chi connectivity index (χ4n) is 2.69. The van der Waals surface area contributed by atoms with Crippen molar-refractivity contribution in [2.24, 2.45) is 0 Å². The van der Waals surface area contributed by atoms with Crippen LogP contribution in [0.25, 0.3) is 0 Å². The second-order valence-corrected chi connectivity index (χ2v) is 6.88. The molecule has 0 saturated carbocycles. The molecular weight excluding hydrogens is 364 g/mol. The number of carbonyl (C=O) groups excluding carboxylic acids is 1. The highest BCUT2D eigenvalue weighted by Gasteiger charge is 2.22. The summed E-state index contributed by atoms with van der Waals surface area (Å²) >= 11 is 0. The standard InChI is InChI=1S/C19H22N4O5/c1-13(2)15-5-7-16(8-6-15)21(19(24)20(3)4)12-14-9-17(22(25)26)11-18(10-14)23(27)28/h5-11,13H,12H2,1-4H3. The van der Waals surface area contributed by atoms with Crippen LogP contribution < -0.4 is 4.90 Å². The van der Waals surface area contributed by atoms with E-state index in [9.17, 15) is 25.0 Å². The van der Waals surface area contributed by atoms with Crippen molar-refractivity contribution >= 4 is 23.1 Å². The first-order chi connectivity index (χ1) is 13.1. The Morgan fingerprint density at radius 3 is 1.86 bits per heavy atom. The summed E-state index contributed by atoms with van der Waals surface area (Å²) in [7, 11) is 3.18. The van der Waals surface area contributed by atoms with Gasteiger partial charge in [-0.2, -0.15) is 0 Å². The summed E-state index contributed by atoms with van der Waals surface area (Å²) in [5.41, 5.74) is 1.21. The molecule has 0 radical (unpaired) electrons. The van der Waals surface area contributed by atoms with Crippen molar-refractivity contribution in [3.63, 3.8) is 0 Å². The second-order valence-electron chi connectivity index (χ2n) is 6.88. The van der Waals surface area contributed by atoms with E-state index >= 15 is 0 Å². The molecule has 9 heteroatoms. The van der Waals surface area contributed by atoms with E-state index in [0.29, 0.717) is 17.2 Å². The predicted molar refractivity (Wildman–Crippen MR) is 106 cm³/mol. The SMILES string of the molecule is CC(C)c1ccc(N(Cc2cc([N+](=O)[O-])cc([N+](=O)[O-])c2)C(=O)N(C)C)cc1. The lowest BCUT2D eigenvalue weighted by molar-refractivity contribution is -0.394. The highest BCUT2D eigenvalue weighted by Crippen LogP contribution is 2.27. The van der Waals surface area contributed by atoms with Crippen molar-refractivity contribution in [1.29, 1.82) is 0 Å². The van der Waals surface area contributed by atoms with E-state index in [1.165, 1.54) is 21.9 Å². The highest BCUT2D eigenvalue weighted by atomic mass is 16.6. The summed E-state index contributed by atoms with van der Waals surface area (Å²) in [6, 6.07) is 10.4. The summed E-state index contributed by atoms with van der Waals surface area (Å²) < 4.78 is 0. The second kappa shape index (κ2) is 8.47. The molecular formula is C19H22N4O5. The molecule has 0 heterocycles. The number of benzene rings is 2. The Morgan fingerprint density at radius 1 is 0.964 bits per heavy atom. The van der Waals surface area contributed by atoms with Crippen LogP contribution in [-0.4, -0.2) is 34.9 Å². The van der Waals surface area contributed by atoms with E-state index in [1.807, 2.05) is 12.1 Å². The van der Waals surface area contributed by atoms with Gasteiger partial charge in [0.25, 0.3) is 11.4 Å². The minimum atomic E-state index is -0.688. The Labute approximate surface area is 162 Å². The number of hydrogen-bond donors (Lipinski definition) is 0. The molecule has 0 unspecified atom stereocenters. The van der Waals surface area contributed by atoms with Crippen molar-refractivity contribution in [2.45, 2.75) is 26.3 Å². The average molecular weight is 386 g/mol. The molecule has 0 spiro atoms. The average Bonchev–Trinajstić information content (AvgIpc) is 2.65. The predicted octanol–water partition coefficient (Wildman–Crippen LogP) is 4.31. The van der Waals surface area contributed by atoms with E-state index in [-0.39, 0.29) is 12.6 Å². The van der Waals surface area contributed by atoms with Crippen LogP contribution in [0.2, 0.25) is 0 Å². The number of carbonyl (C=O) groups is 1. The van der Waals surface area contributed by atoms with Crippen LogP contribution in [0.1, 0.15) is 30.9 Å². The number of non-ortho nitro benzene ring substituents is 2. The Bertz CT molecular complexity index is 861. The summed E-state index contributed by atoms with van der Waals surface area (Å²) in [4.78, 5) is 36.4. The van der Waals surface area contributed by atoms with Crippen LogP contribution in [0.3, 0.4) is 0 Å². The Balaban J connectivity index is 2.47. The first-order valence-corrected chi connectivity index (χ1v) is 8.61. The lowest BCUT2D eigenvalue weighted by Crippen LogP contribution is -2.38. The Morgan fingerprint density at radius 2 is 1.46 bits per heavy atom. The van der Waals surface area contributed by atoms with E-state index in [2.05, 4.69) is 13.8 Å². The number of urea groups is 1. The molecule has 0 aliphatic rings. The lowest BCUT2D eigenvalue weighted by Gasteiger charge is -2.26. The van der Waals surface area contributed by atoms with Crippen LogP contribution in [-0.2, 0) is 6.54 Å². The molecule has 0 fully saturated rings. The van der Waals surface area contributed by atoms with Gasteiger partial charge in [0.05, 0.1) is 22.5 Å². The quantitative estimate of drug-likeness (QED) is 0.542. The molecule has 28 heavy (non-hydrogen) atoms. The maximum Gasteiger partial charge on any atom is 0.324 e. The molecule has 2 aromatic carbocycles. The molecule has 0 aliphatic carbocycles. The fraction of sp³-hybridized carbons (Fsp3) is 0.316. The zero-order valence-corrected chi connectivity index (χ0v) is 16.2. The third-order valence-corrected chi connectivity index (χ3v) is 4.21. The van der Waals surface area contributed by atoms with Gasteiger partial charge in [-0.15, -0.1) is 0 Å². The van der Waals surface area contributed by atoms with Crippen LogP contribution in [0, 0.1) is 20.2 Å². The van der Waals surface area contributed by atoms with Crippen molar-refractivity contribution in [1.82, 2.24) is 4.90 Å². The van der Waals surface area contributed by atoms with Crippen LogP contribution >= 0.6 is 0 Å². The number of rotatable bonds is 6. The molecule has 2 rings (SSSR count). The van der Waals surface area contributed by atoms with Gasteiger partial charge in [-0.1, -0.05) is 26.0 Å². The summed E-state index contributed by atoms with van der Waals surface area (Å²) in [6.07, 6.45) is 0. The highest BCUT2D eigenvalue weighted by molar-refractivity contribution is 5.91. The summed E-state index contributed by atoms with van der Waals surface area (Å²) in [6.45, 7) is 4.07. The zero-order valence-electron chi connectivity index (χ0n) is 16.2. The normalized spacial score (nSPS) is 10.6. The topological polar surface area (TPSA) is 110 Å². The number of hydrogen-bond acceptors (Lipinski definition) is 5. The smallest absolute Gasteiger partial charge is 0.324 e. The molecule has 2 amide bonds. The van der Waals surface area contributed by atoms with Gasteiger partial charge in [-0.05, 0) is 29.2 Å². The number of nitrogens with zero attached hydrogens (tertiary/aromatic N) is 4. The van der Waals surface area contributed by atoms with Crippen molar-refractivity contribution in [3.05, 3.63) is 73.8 Å². The van der Waals surface area contributed by atoms with E-state index in [1.54, 1.807) is 26.2 Å². The monoisotopic (exact) mass is 386 g/mol. The van der Waals surface area contributed by atoms with Crippen LogP contribution in [0.15, 0.2) is 42.5 Å². The largest absolute Gasteiger partial charge is 0.330 e. The molecule has 2 aromatic rings. The van der Waals surface area contributed by atoms with Gasteiger partial charge in [0.15, 0.2) is 0 Å². The van der Waals surface area contributed by atoms with E-state index in [0.717, 1.165) is 11.6 Å². The minimum Gasteiger partial charge on any atom is -0.330 e. The minimum absolute atomic E-state index is 0.0411. The number of amides is 2. The molecule has 0 bridgehead atoms. The van der Waals surface area contributed by atoms with Crippen molar-refractivity contribution < 1.29 is 14.6 Å². The van der Waals surface area contributed by atoms with Crippen molar-refractivity contribution in [2.75, 3.05) is 19.0 Å². The first-order valence-electron chi connectivity index (χ1n) is 8.61. The zero-order chi connectivity index (χ0) is 21.0. The Kier molecular flexibility index (Phi) is 6.29. The van der Waals surface area contributed by atoms with Crippen LogP contribution in [0.4, 0.5) is 21.9 Å². The van der Waals surface area contributed by atoms with Gasteiger partial charge < -0.3 is 4.90 Å². The van der Waals surface area contributed by atoms with Gasteiger partial charge in [0.2, 0.25) is 0 Å². The summed E-state index contributed by atoms with van der Waals surface area (Å²) in [5.74, 6) is 0.325. The van der Waals surface area contributed by atoms with Gasteiger partial charge >= 0.3 is 6.03 Å². The third kappa shape index (κ3) is 4.81. The lowest BCUT2D eigenvalue weighted by atomic mass is 10.0. The molecule has 0 aromatic heterocycles. The fourth-order valence-corrected chi connectivity index (χ4v) is 2.69. The maximum atomic E-state index is 12.7. The van der Waals surface area contributed by atoms with Crippen LogP contribution in [0.5, 0.6) is 0 Å². The van der Waals surface area contributed by atoms with Gasteiger partial charge in [0.1, 0.15) is 0 Å². The van der Waals surface area contributed by atoms with Gasteiger partial charge in [-0.25, -0.2) is 4.79 Å². The molecule has 9 nitrogen and oxygen atoms in total. The molecule has 148 valence electrons. The first kappa shape index (κ1) is 20.8. The maximum absolute atomic E-state index is 12.7. The number of anilines is 1. The number of nitro benzene ring substituents is 2. The third-order valence-electron chi connectivity index (χ3n) is 4.21. The van der Waals surface area contributed by atoms with Gasteiger partial charge in [-0.3, -0.25) is 25.1 Å². The van der Waals surface area contributed by atoms with Crippen molar-refractivity contribution in [3.8, 4) is 0 Å². The molecule has 0 aliphatic heterocycles. The molecule has 0 saturated heterocycles. The molecule has 0 atom stereocenters. The van der Waals surface area contributed by atoms with E-state index in [4.69, 9.17) is 0 Å².